The fourth-order valence-electron chi connectivity index (χ4n) is 0.822. The van der Waals surface area contributed by atoms with Gasteiger partial charge in [-0.3, -0.25) is 0 Å². The highest BCUT2D eigenvalue weighted by Gasteiger charge is 2.21. The van der Waals surface area contributed by atoms with Gasteiger partial charge in [-0.15, -0.1) is 10.2 Å². The molecule has 0 aliphatic heterocycles. The number of aliphatic carboxylic acids is 1. The number of nitrogens with zero attached hydrogens (tertiary/aromatic N) is 4. The number of carbonyl (C=O) groups excluding carboxylic acids is 1. The summed E-state index contributed by atoms with van der Waals surface area (Å²) in [5.41, 5.74) is 0. The number of amides is 1. The average molecular weight is 215 g/mol. The number of nitrogens with one attached hydrogen (secondary N) is 1. The van der Waals surface area contributed by atoms with Crippen molar-refractivity contribution in [1.82, 2.24) is 25.5 Å². The monoisotopic (exact) mass is 215 g/mol. The molecule has 0 fully saturated rings. The summed E-state index contributed by atoms with van der Waals surface area (Å²) in [5.74, 6) is -1.21. The van der Waals surface area contributed by atoms with E-state index >= 15 is 0 Å². The third kappa shape index (κ3) is 3.21. The van der Waals surface area contributed by atoms with Crippen molar-refractivity contribution in [2.45, 2.75) is 12.6 Å². The van der Waals surface area contributed by atoms with Gasteiger partial charge in [-0.1, -0.05) is 0 Å². The molecule has 15 heavy (non-hydrogen) atoms. The lowest BCUT2D eigenvalue weighted by atomic mass is 10.3. The number of hydrogen-bond donors (Lipinski definition) is 2. The number of hydrogen-bond acceptors (Lipinski definition) is 6. The number of ether oxygens (including phenoxy) is 1. The smallest absolute Gasteiger partial charge is 0.407 e. The highest BCUT2D eigenvalue weighted by molar-refractivity contribution is 5.79. The Morgan fingerprint density at radius 1 is 1.67 bits per heavy atom. The van der Waals surface area contributed by atoms with Crippen molar-refractivity contribution < 1.29 is 19.4 Å². The Bertz CT molecular complexity index is 337. The molecule has 82 valence electrons. The zero-order valence-electron chi connectivity index (χ0n) is 7.82. The fourth-order valence-corrected chi connectivity index (χ4v) is 0.822. The van der Waals surface area contributed by atoms with Crippen LogP contribution in [0.15, 0.2) is 6.33 Å². The van der Waals surface area contributed by atoms with Crippen LogP contribution < -0.4 is 5.32 Å². The Balaban J connectivity index is 2.59. The molecule has 0 bridgehead atoms. The van der Waals surface area contributed by atoms with E-state index in [0.29, 0.717) is 0 Å². The largest absolute Gasteiger partial charge is 0.480 e. The molecule has 1 rings (SSSR count). The number of carboxylic acids is 1. The minimum atomic E-state index is -1.21. The Morgan fingerprint density at radius 2 is 2.40 bits per heavy atom. The molecule has 2 N–H and O–H groups in total. The summed E-state index contributed by atoms with van der Waals surface area (Å²) in [6, 6.07) is -1.16. The van der Waals surface area contributed by atoms with Gasteiger partial charge in [-0.05, 0) is 5.21 Å². The van der Waals surface area contributed by atoms with Crippen molar-refractivity contribution in [3.63, 3.8) is 0 Å². The summed E-state index contributed by atoms with van der Waals surface area (Å²) < 4.78 is 4.27. The Labute approximate surface area is 84.0 Å². The molecule has 1 atom stereocenters. The highest BCUT2D eigenvalue weighted by atomic mass is 16.5. The lowest BCUT2D eigenvalue weighted by Gasteiger charge is -2.11. The molecule has 1 heterocycles. The molecule has 1 aromatic rings. The number of tetrazole rings is 1. The number of methoxy groups -OCH3 is 1. The van der Waals surface area contributed by atoms with Crippen LogP contribution in [-0.4, -0.2) is 50.5 Å². The zero-order chi connectivity index (χ0) is 11.3. The minimum Gasteiger partial charge on any atom is -0.480 e. The van der Waals surface area contributed by atoms with Crippen molar-refractivity contribution in [3.05, 3.63) is 6.33 Å². The van der Waals surface area contributed by atoms with E-state index in [1.54, 1.807) is 0 Å². The molecule has 0 radical (unpaired) electrons. The standard InChI is InChI=1S/C6H9N5O4/c1-15-6(14)9-4(5(12)13)2-11-8-3-7-10-11/h3-4H,2H2,1H3,(H,9,14)(H,12,13)/t4-/m0/s1. The summed E-state index contributed by atoms with van der Waals surface area (Å²) in [5, 5.41) is 21.4. The van der Waals surface area contributed by atoms with Crippen LogP contribution in [0.2, 0.25) is 0 Å². The predicted octanol–water partition coefficient (Wildman–Crippen LogP) is -1.52. The molecule has 0 aromatic carbocycles. The van der Waals surface area contributed by atoms with Crippen LogP contribution in [0, 0.1) is 0 Å². The van der Waals surface area contributed by atoms with Gasteiger partial charge in [0, 0.05) is 0 Å². The molecule has 9 heteroatoms. The van der Waals surface area contributed by atoms with Gasteiger partial charge in [0.1, 0.15) is 0 Å². The molecular formula is C6H9N5O4. The summed E-state index contributed by atoms with van der Waals surface area (Å²) in [4.78, 5) is 22.6. The molecular weight excluding hydrogens is 206 g/mol. The Hall–Kier alpha value is -2.19. The van der Waals surface area contributed by atoms with Crippen molar-refractivity contribution in [2.24, 2.45) is 0 Å². The summed E-state index contributed by atoms with van der Waals surface area (Å²) in [6.07, 6.45) is 0.333. The summed E-state index contributed by atoms with van der Waals surface area (Å²) in [7, 11) is 1.14. The van der Waals surface area contributed by atoms with Crippen molar-refractivity contribution in [2.75, 3.05) is 7.11 Å². The van der Waals surface area contributed by atoms with Gasteiger partial charge in [-0.2, -0.15) is 4.80 Å². The first-order chi connectivity index (χ1) is 7.13. The second-order valence-electron chi connectivity index (χ2n) is 2.52. The van der Waals surface area contributed by atoms with Crippen LogP contribution >= 0.6 is 0 Å². The lowest BCUT2D eigenvalue weighted by Crippen LogP contribution is -2.44. The van der Waals surface area contributed by atoms with Gasteiger partial charge < -0.3 is 15.2 Å². The van der Waals surface area contributed by atoms with E-state index in [9.17, 15) is 9.59 Å². The molecule has 9 nitrogen and oxygen atoms in total. The lowest BCUT2D eigenvalue weighted by molar-refractivity contribution is -0.139. The number of rotatable bonds is 4. The summed E-state index contributed by atoms with van der Waals surface area (Å²) in [6.45, 7) is -0.121. The van der Waals surface area contributed by atoms with Gasteiger partial charge in [0.05, 0.1) is 13.7 Å². The molecule has 0 saturated heterocycles. The van der Waals surface area contributed by atoms with E-state index < -0.39 is 18.1 Å². The van der Waals surface area contributed by atoms with Gasteiger partial charge >= 0.3 is 12.1 Å². The number of aromatic nitrogens is 4. The van der Waals surface area contributed by atoms with Gasteiger partial charge in [0.15, 0.2) is 12.4 Å². The molecule has 0 aliphatic carbocycles. The van der Waals surface area contributed by atoms with Crippen LogP contribution in [0.1, 0.15) is 0 Å². The average Bonchev–Trinajstić information content (AvgIpc) is 2.69. The maximum atomic E-state index is 10.8. The molecule has 1 aromatic heterocycles. The van der Waals surface area contributed by atoms with Crippen LogP contribution in [0.5, 0.6) is 0 Å². The predicted molar refractivity (Wildman–Crippen MR) is 44.8 cm³/mol. The maximum absolute atomic E-state index is 10.8. The third-order valence-corrected chi connectivity index (χ3v) is 1.51. The Morgan fingerprint density at radius 3 is 2.87 bits per heavy atom. The van der Waals surface area contributed by atoms with Gasteiger partial charge in [-0.25, -0.2) is 9.59 Å². The number of carboxylic acid groups (broad SMARTS) is 1. The van der Waals surface area contributed by atoms with E-state index in [0.717, 1.165) is 18.2 Å². The van der Waals surface area contributed by atoms with Crippen LogP contribution in [0.25, 0.3) is 0 Å². The Kier molecular flexibility index (Phi) is 3.55. The van der Waals surface area contributed by atoms with Crippen LogP contribution in [0.3, 0.4) is 0 Å². The van der Waals surface area contributed by atoms with Crippen molar-refractivity contribution >= 4 is 12.1 Å². The normalized spacial score (nSPS) is 11.8. The first-order valence-electron chi connectivity index (χ1n) is 3.91. The zero-order valence-corrected chi connectivity index (χ0v) is 7.82. The van der Waals surface area contributed by atoms with E-state index in [4.69, 9.17) is 5.11 Å². The molecule has 1 amide bonds. The van der Waals surface area contributed by atoms with E-state index in [2.05, 4.69) is 25.5 Å². The number of alkyl carbamates (subject to hydrolysis) is 1. The molecule has 0 unspecified atom stereocenters. The quantitative estimate of drug-likeness (QED) is 0.625. The SMILES string of the molecule is COC(=O)N[C@@H](Cn1ncnn1)C(=O)O. The topological polar surface area (TPSA) is 119 Å². The highest BCUT2D eigenvalue weighted by Crippen LogP contribution is 1.89. The molecule has 0 aliphatic rings. The number of carbonyl (C=O) groups is 2. The van der Waals surface area contributed by atoms with Gasteiger partial charge in [0.2, 0.25) is 0 Å². The van der Waals surface area contributed by atoms with E-state index in [1.165, 1.54) is 0 Å². The second kappa shape index (κ2) is 4.88. The van der Waals surface area contributed by atoms with Gasteiger partial charge in [0.25, 0.3) is 0 Å². The van der Waals surface area contributed by atoms with E-state index in [-0.39, 0.29) is 6.54 Å². The van der Waals surface area contributed by atoms with Crippen LogP contribution in [0.4, 0.5) is 4.79 Å². The first kappa shape index (κ1) is 10.9. The van der Waals surface area contributed by atoms with Crippen molar-refractivity contribution in [3.8, 4) is 0 Å². The van der Waals surface area contributed by atoms with Crippen molar-refractivity contribution in [1.29, 1.82) is 0 Å². The molecule has 0 saturated carbocycles. The second-order valence-corrected chi connectivity index (χ2v) is 2.52. The molecule has 0 spiro atoms. The maximum Gasteiger partial charge on any atom is 0.407 e. The fraction of sp³-hybridized carbons (Fsp3) is 0.500. The van der Waals surface area contributed by atoms with Crippen LogP contribution in [-0.2, 0) is 16.1 Å². The van der Waals surface area contributed by atoms with E-state index in [1.807, 2.05) is 0 Å². The third-order valence-electron chi connectivity index (χ3n) is 1.51. The summed E-state index contributed by atoms with van der Waals surface area (Å²) >= 11 is 0. The minimum absolute atomic E-state index is 0.121. The first-order valence-corrected chi connectivity index (χ1v) is 3.91.